The summed E-state index contributed by atoms with van der Waals surface area (Å²) >= 11 is 0. The highest BCUT2D eigenvalue weighted by molar-refractivity contribution is 5.85. The minimum absolute atomic E-state index is 0. The number of hydrogen-bond acceptors (Lipinski definition) is 2. The first-order chi connectivity index (χ1) is 11.3. The molecule has 2 aliphatic rings. The van der Waals surface area contributed by atoms with Gasteiger partial charge in [0.25, 0.3) is 0 Å². The Labute approximate surface area is 151 Å². The van der Waals surface area contributed by atoms with Crippen molar-refractivity contribution in [2.45, 2.75) is 38.6 Å². The molecule has 0 bridgehead atoms. The molecule has 0 amide bonds. The van der Waals surface area contributed by atoms with Crippen LogP contribution in [-0.2, 0) is 6.42 Å². The van der Waals surface area contributed by atoms with E-state index in [1.54, 1.807) is 5.56 Å². The summed E-state index contributed by atoms with van der Waals surface area (Å²) in [6.07, 6.45) is 5.33. The third kappa shape index (κ3) is 3.60. The maximum Gasteiger partial charge on any atom is 0.0414 e. The maximum absolute atomic E-state index is 3.75. The zero-order valence-corrected chi connectivity index (χ0v) is 15.2. The van der Waals surface area contributed by atoms with Gasteiger partial charge in [-0.25, -0.2) is 0 Å². The number of nitrogens with one attached hydrogen (secondary N) is 1. The van der Waals surface area contributed by atoms with Crippen molar-refractivity contribution in [1.82, 2.24) is 5.32 Å². The number of hydrogen-bond donors (Lipinski definition) is 1. The van der Waals surface area contributed by atoms with Crippen molar-refractivity contribution < 1.29 is 0 Å². The molecule has 3 heteroatoms. The molecule has 1 aliphatic carbocycles. The fraction of sp³-hybridized carbons (Fsp3) is 0.429. The van der Waals surface area contributed by atoms with E-state index >= 15 is 0 Å². The summed E-state index contributed by atoms with van der Waals surface area (Å²) in [6.45, 7) is 4.34. The standard InChI is InChI=1S/C21H26N2.ClH/c1-2-23(18-6-4-3-5-7-18)19-11-10-17-12-13-22-21(20(17)15-19)14-16-8-9-16;/h3-7,10-11,15-16,21-22H,2,8-9,12-14H2,1H3;1H. The lowest BCUT2D eigenvalue weighted by atomic mass is 9.90. The molecule has 2 aromatic carbocycles. The van der Waals surface area contributed by atoms with Gasteiger partial charge in [0.1, 0.15) is 0 Å². The molecule has 4 rings (SSSR count). The maximum atomic E-state index is 3.75. The van der Waals surface area contributed by atoms with E-state index in [0.29, 0.717) is 6.04 Å². The Balaban J connectivity index is 0.00000169. The first-order valence-corrected chi connectivity index (χ1v) is 9.04. The number of nitrogens with zero attached hydrogens (tertiary/aromatic N) is 1. The average molecular weight is 343 g/mol. The number of anilines is 2. The van der Waals surface area contributed by atoms with Crippen LogP contribution in [-0.4, -0.2) is 13.1 Å². The Morgan fingerprint density at radius 1 is 1.04 bits per heavy atom. The molecule has 1 fully saturated rings. The number of rotatable bonds is 5. The van der Waals surface area contributed by atoms with Gasteiger partial charge >= 0.3 is 0 Å². The highest BCUT2D eigenvalue weighted by Crippen LogP contribution is 2.40. The van der Waals surface area contributed by atoms with Crippen LogP contribution in [0.15, 0.2) is 48.5 Å². The van der Waals surface area contributed by atoms with E-state index in [0.717, 1.165) is 25.4 Å². The van der Waals surface area contributed by atoms with Gasteiger partial charge in [-0.05, 0) is 67.6 Å². The smallest absolute Gasteiger partial charge is 0.0414 e. The third-order valence-electron chi connectivity index (χ3n) is 5.25. The molecule has 0 radical (unpaired) electrons. The summed E-state index contributed by atoms with van der Waals surface area (Å²) in [5, 5.41) is 3.75. The molecule has 2 aromatic rings. The van der Waals surface area contributed by atoms with Gasteiger partial charge in [-0.2, -0.15) is 0 Å². The fourth-order valence-corrected chi connectivity index (χ4v) is 3.81. The summed E-state index contributed by atoms with van der Waals surface area (Å²) in [5.41, 5.74) is 5.68. The van der Waals surface area contributed by atoms with Crippen LogP contribution >= 0.6 is 12.4 Å². The van der Waals surface area contributed by atoms with Gasteiger partial charge in [-0.15, -0.1) is 12.4 Å². The van der Waals surface area contributed by atoms with E-state index in [4.69, 9.17) is 0 Å². The Morgan fingerprint density at radius 3 is 2.54 bits per heavy atom. The van der Waals surface area contributed by atoms with Gasteiger partial charge in [0, 0.05) is 24.0 Å². The lowest BCUT2D eigenvalue weighted by Gasteiger charge is -2.30. The van der Waals surface area contributed by atoms with Crippen LogP contribution in [0.4, 0.5) is 11.4 Å². The molecule has 0 aromatic heterocycles. The predicted molar refractivity (Wildman–Crippen MR) is 105 cm³/mol. The predicted octanol–water partition coefficient (Wildman–Crippen LogP) is 5.25. The Kier molecular flexibility index (Phi) is 5.47. The van der Waals surface area contributed by atoms with Gasteiger partial charge < -0.3 is 10.2 Å². The highest BCUT2D eigenvalue weighted by atomic mass is 35.5. The van der Waals surface area contributed by atoms with Crippen molar-refractivity contribution in [3.8, 4) is 0 Å². The second-order valence-corrected chi connectivity index (χ2v) is 6.90. The summed E-state index contributed by atoms with van der Waals surface area (Å²) < 4.78 is 0. The number of halogens is 1. The molecule has 24 heavy (non-hydrogen) atoms. The molecule has 1 aliphatic heterocycles. The summed E-state index contributed by atoms with van der Waals surface area (Å²) in [6, 6.07) is 18.4. The second kappa shape index (κ2) is 7.58. The van der Waals surface area contributed by atoms with Crippen LogP contribution < -0.4 is 10.2 Å². The molecule has 1 heterocycles. The zero-order valence-electron chi connectivity index (χ0n) is 14.4. The van der Waals surface area contributed by atoms with Gasteiger partial charge in [0.2, 0.25) is 0 Å². The van der Waals surface area contributed by atoms with Crippen LogP contribution in [0.5, 0.6) is 0 Å². The van der Waals surface area contributed by atoms with E-state index in [9.17, 15) is 0 Å². The monoisotopic (exact) mass is 342 g/mol. The Morgan fingerprint density at radius 2 is 1.83 bits per heavy atom. The average Bonchev–Trinajstić information content (AvgIpc) is 3.41. The quantitative estimate of drug-likeness (QED) is 0.798. The first kappa shape index (κ1) is 17.3. The van der Waals surface area contributed by atoms with Crippen molar-refractivity contribution in [3.05, 3.63) is 59.7 Å². The van der Waals surface area contributed by atoms with Crippen LogP contribution in [0.1, 0.15) is 43.4 Å². The van der Waals surface area contributed by atoms with Crippen LogP contribution in [0.25, 0.3) is 0 Å². The molecule has 0 saturated heterocycles. The van der Waals surface area contributed by atoms with Crippen molar-refractivity contribution in [2.24, 2.45) is 5.92 Å². The molecule has 1 saturated carbocycles. The van der Waals surface area contributed by atoms with Gasteiger partial charge in [0.15, 0.2) is 0 Å². The van der Waals surface area contributed by atoms with Crippen molar-refractivity contribution >= 4 is 23.8 Å². The summed E-state index contributed by atoms with van der Waals surface area (Å²) in [4.78, 5) is 2.41. The van der Waals surface area contributed by atoms with Crippen LogP contribution in [0, 0.1) is 5.92 Å². The summed E-state index contributed by atoms with van der Waals surface area (Å²) in [5.74, 6) is 0.957. The minimum Gasteiger partial charge on any atom is -0.342 e. The minimum atomic E-state index is 0. The molecule has 1 unspecified atom stereocenters. The molecule has 1 N–H and O–H groups in total. The van der Waals surface area contributed by atoms with E-state index in [1.807, 2.05) is 0 Å². The van der Waals surface area contributed by atoms with Gasteiger partial charge in [-0.1, -0.05) is 37.1 Å². The largest absolute Gasteiger partial charge is 0.342 e. The lowest BCUT2D eigenvalue weighted by molar-refractivity contribution is 0.453. The van der Waals surface area contributed by atoms with Crippen molar-refractivity contribution in [3.63, 3.8) is 0 Å². The SMILES string of the molecule is CCN(c1ccccc1)c1ccc2c(c1)C(CC1CC1)NCC2.Cl. The molecular weight excluding hydrogens is 316 g/mol. The second-order valence-electron chi connectivity index (χ2n) is 6.90. The lowest BCUT2D eigenvalue weighted by Crippen LogP contribution is -2.30. The molecule has 0 spiro atoms. The first-order valence-electron chi connectivity index (χ1n) is 9.04. The molecule has 128 valence electrons. The molecule has 2 nitrogen and oxygen atoms in total. The van der Waals surface area contributed by atoms with E-state index in [-0.39, 0.29) is 12.4 Å². The summed E-state index contributed by atoms with van der Waals surface area (Å²) in [7, 11) is 0. The topological polar surface area (TPSA) is 15.3 Å². The Hall–Kier alpha value is -1.51. The van der Waals surface area contributed by atoms with Crippen LogP contribution in [0.2, 0.25) is 0 Å². The van der Waals surface area contributed by atoms with Crippen LogP contribution in [0.3, 0.4) is 0 Å². The number of fused-ring (bicyclic) bond motifs is 1. The van der Waals surface area contributed by atoms with Crippen molar-refractivity contribution in [2.75, 3.05) is 18.0 Å². The zero-order chi connectivity index (χ0) is 15.6. The van der Waals surface area contributed by atoms with E-state index in [2.05, 4.69) is 65.7 Å². The van der Waals surface area contributed by atoms with E-state index < -0.39 is 0 Å². The van der Waals surface area contributed by atoms with Gasteiger partial charge in [0.05, 0.1) is 0 Å². The third-order valence-corrected chi connectivity index (χ3v) is 5.25. The highest BCUT2D eigenvalue weighted by Gasteiger charge is 2.29. The Bertz CT molecular complexity index is 667. The number of para-hydroxylation sites is 1. The van der Waals surface area contributed by atoms with Gasteiger partial charge in [-0.3, -0.25) is 0 Å². The van der Waals surface area contributed by atoms with Crippen molar-refractivity contribution in [1.29, 1.82) is 0 Å². The molecule has 1 atom stereocenters. The van der Waals surface area contributed by atoms with E-state index in [1.165, 1.54) is 36.2 Å². The normalized spacial score (nSPS) is 19.3. The molecular formula is C21H27ClN2. The number of benzene rings is 2. The fourth-order valence-electron chi connectivity index (χ4n) is 3.81.